The average Bonchev–Trinajstić information content (AvgIpc) is 2.77. The predicted octanol–water partition coefficient (Wildman–Crippen LogP) is 7.21. The molecule has 0 spiro atoms. The normalized spacial score (nSPS) is 10.1. The SMILES string of the molecule is CC(C)[NH-].CC(C)[NH-].CC(C)[NH-].F[C](F)(F)[GeH][C](F)(F)F.[Hf+4].c1cc[cH-]c1. The molecular weight excluding hydrogens is 599 g/mol. The summed E-state index contributed by atoms with van der Waals surface area (Å²) >= 11 is -4.06. The summed E-state index contributed by atoms with van der Waals surface area (Å²) in [5.41, 5.74) is 19.8. The molecular formula is C16H30F6GeHfN3. The molecule has 159 valence electrons. The summed E-state index contributed by atoms with van der Waals surface area (Å²) in [6.07, 6.45) is 0. The molecule has 1 rings (SSSR count). The molecule has 0 aliphatic rings. The van der Waals surface area contributed by atoms with Crippen LogP contribution in [0.3, 0.4) is 0 Å². The largest absolute Gasteiger partial charge is 4.00 e. The number of nitrogens with one attached hydrogen (secondary N) is 3. The molecule has 0 aliphatic heterocycles. The quantitative estimate of drug-likeness (QED) is 0.165. The third-order valence-electron chi connectivity index (χ3n) is 0.883. The van der Waals surface area contributed by atoms with Crippen molar-refractivity contribution in [3.8, 4) is 0 Å². The van der Waals surface area contributed by atoms with Gasteiger partial charge in [0.15, 0.2) is 0 Å². The first-order valence-corrected chi connectivity index (χ1v) is 10.1. The van der Waals surface area contributed by atoms with Crippen LogP contribution in [0, 0.1) is 0 Å². The Morgan fingerprint density at radius 3 is 0.889 bits per heavy atom. The van der Waals surface area contributed by atoms with Crippen molar-refractivity contribution in [2.75, 3.05) is 0 Å². The molecule has 1 aromatic rings. The van der Waals surface area contributed by atoms with E-state index in [1.54, 1.807) is 0 Å². The first-order chi connectivity index (χ1) is 11.4. The van der Waals surface area contributed by atoms with Crippen molar-refractivity contribution in [3.63, 3.8) is 0 Å². The van der Waals surface area contributed by atoms with Crippen LogP contribution in [0.2, 0.25) is 0 Å². The molecule has 0 saturated carbocycles. The minimum atomic E-state index is -4.98. The van der Waals surface area contributed by atoms with Gasteiger partial charge in [0.05, 0.1) is 0 Å². The van der Waals surface area contributed by atoms with Gasteiger partial charge in [-0.15, -0.1) is 18.1 Å². The molecule has 27 heavy (non-hydrogen) atoms. The molecule has 0 aliphatic carbocycles. The van der Waals surface area contributed by atoms with Crippen molar-refractivity contribution >= 4 is 15.4 Å². The maximum absolute atomic E-state index is 10.9. The monoisotopic (exact) mass is 632 g/mol. The standard InChI is InChI=1S/C5H5.3C3H8N.C2HF6Ge.Hf/c1-2-4-5-3-1;3*1-3(2)4;3-1(4,5)9-2(6,7)8;/h1-5H;3*3-4H,1-2H3;9H;/q4*-1;;+4. The third kappa shape index (κ3) is 122. The summed E-state index contributed by atoms with van der Waals surface area (Å²) in [6.45, 7) is 11.0. The van der Waals surface area contributed by atoms with Crippen molar-refractivity contribution in [2.45, 2.75) is 69.7 Å². The summed E-state index contributed by atoms with van der Waals surface area (Å²) in [5, 5.41) is -9.97. The van der Waals surface area contributed by atoms with Crippen molar-refractivity contribution in [1.82, 2.24) is 0 Å². The van der Waals surface area contributed by atoms with Crippen LogP contribution >= 0.6 is 0 Å². The van der Waals surface area contributed by atoms with Crippen LogP contribution in [-0.2, 0) is 25.8 Å². The van der Waals surface area contributed by atoms with E-state index in [1.165, 1.54) is 0 Å². The topological polar surface area (TPSA) is 71.4 Å². The summed E-state index contributed by atoms with van der Waals surface area (Å²) < 4.78 is 65.4. The number of hydrogen-bond acceptors (Lipinski definition) is 0. The van der Waals surface area contributed by atoms with Gasteiger partial charge in [-0.3, -0.25) is 0 Å². The van der Waals surface area contributed by atoms with E-state index in [0.717, 1.165) is 0 Å². The van der Waals surface area contributed by atoms with Crippen LogP contribution in [0.15, 0.2) is 30.3 Å². The van der Waals surface area contributed by atoms with Crippen LogP contribution in [0.4, 0.5) is 26.3 Å². The van der Waals surface area contributed by atoms with Crippen LogP contribution in [0.5, 0.6) is 0 Å². The first-order valence-electron chi connectivity index (χ1n) is 7.71. The molecule has 3 nitrogen and oxygen atoms in total. The molecule has 0 atom stereocenters. The Bertz CT molecular complexity index is 304. The Labute approximate surface area is 184 Å². The van der Waals surface area contributed by atoms with Crippen LogP contribution < -0.4 is 0 Å². The molecule has 0 bridgehead atoms. The van der Waals surface area contributed by atoms with E-state index < -0.39 is 25.4 Å². The Hall–Kier alpha value is 0.223. The van der Waals surface area contributed by atoms with Gasteiger partial charge in [0, 0.05) is 0 Å². The third-order valence-corrected chi connectivity index (χ3v) is 2.26. The minimum Gasteiger partial charge on any atom is -0.214 e. The van der Waals surface area contributed by atoms with Gasteiger partial charge in [0.1, 0.15) is 0 Å². The Balaban J connectivity index is -0.0000000780. The number of rotatable bonds is 0. The van der Waals surface area contributed by atoms with Crippen molar-refractivity contribution in [3.05, 3.63) is 47.5 Å². The molecule has 0 saturated heterocycles. The fourth-order valence-corrected chi connectivity index (χ4v) is 1.29. The summed E-state index contributed by atoms with van der Waals surface area (Å²) in [4.78, 5) is 0. The first kappa shape index (κ1) is 37.9. The van der Waals surface area contributed by atoms with E-state index in [4.69, 9.17) is 17.2 Å². The summed E-state index contributed by atoms with van der Waals surface area (Å²) in [6, 6.07) is 10.2. The predicted molar refractivity (Wildman–Crippen MR) is 99.7 cm³/mol. The zero-order valence-electron chi connectivity index (χ0n) is 16.5. The molecule has 3 N–H and O–H groups in total. The van der Waals surface area contributed by atoms with E-state index in [9.17, 15) is 26.3 Å². The van der Waals surface area contributed by atoms with Gasteiger partial charge in [0.25, 0.3) is 0 Å². The van der Waals surface area contributed by atoms with Crippen molar-refractivity contribution in [1.29, 1.82) is 0 Å². The zero-order valence-corrected chi connectivity index (χ0v) is 22.5. The van der Waals surface area contributed by atoms with Gasteiger partial charge in [-0.05, 0) is 0 Å². The van der Waals surface area contributed by atoms with Gasteiger partial charge in [0.2, 0.25) is 0 Å². The van der Waals surface area contributed by atoms with Gasteiger partial charge in [-0.1, -0.05) is 41.5 Å². The molecule has 1 aromatic carbocycles. The molecule has 0 fully saturated rings. The Morgan fingerprint density at radius 1 is 0.667 bits per heavy atom. The van der Waals surface area contributed by atoms with Gasteiger partial charge in [-0.25, -0.2) is 12.1 Å². The molecule has 0 unspecified atom stereocenters. The molecule has 11 heteroatoms. The van der Waals surface area contributed by atoms with Gasteiger partial charge >= 0.3 is 77.6 Å². The summed E-state index contributed by atoms with van der Waals surface area (Å²) in [7, 11) is 0. The van der Waals surface area contributed by atoms with E-state index in [-0.39, 0.29) is 44.0 Å². The zero-order chi connectivity index (χ0) is 22.0. The summed E-state index contributed by atoms with van der Waals surface area (Å²) in [5.74, 6) is 0. The molecule has 1 radical (unpaired) electrons. The second kappa shape index (κ2) is 22.5. The van der Waals surface area contributed by atoms with Crippen LogP contribution in [-0.4, -0.2) is 43.6 Å². The maximum Gasteiger partial charge on any atom is 4.00 e. The fraction of sp³-hybridized carbons (Fsp3) is 0.688. The number of hydrogen-bond donors (Lipinski definition) is 0. The van der Waals surface area contributed by atoms with Gasteiger partial charge < -0.3 is 17.2 Å². The second-order valence-corrected chi connectivity index (χ2v) is 9.01. The van der Waals surface area contributed by atoms with Crippen LogP contribution in [0.1, 0.15) is 41.5 Å². The maximum atomic E-state index is 10.9. The van der Waals surface area contributed by atoms with E-state index in [1.807, 2.05) is 71.9 Å². The average molecular weight is 630 g/mol. The minimum absolute atomic E-state index is 0. The fourth-order valence-electron chi connectivity index (χ4n) is 0.506. The van der Waals surface area contributed by atoms with Gasteiger partial charge in [-0.2, -0.15) is 18.2 Å². The molecule has 0 amide bonds. The van der Waals surface area contributed by atoms with Crippen molar-refractivity contribution in [2.24, 2.45) is 0 Å². The van der Waals surface area contributed by atoms with Crippen LogP contribution in [0.25, 0.3) is 17.2 Å². The second-order valence-electron chi connectivity index (χ2n) is 5.65. The number of halogens is 6. The Morgan fingerprint density at radius 2 is 0.852 bits per heavy atom. The van der Waals surface area contributed by atoms with E-state index in [2.05, 4.69) is 0 Å². The number of alkyl halides is 6. The Kier molecular flexibility index (Phi) is 31.6. The molecule has 0 heterocycles. The van der Waals surface area contributed by atoms with E-state index in [0.29, 0.717) is 0 Å². The molecule has 0 aromatic heterocycles. The van der Waals surface area contributed by atoms with E-state index >= 15 is 0 Å². The smallest absolute Gasteiger partial charge is 0.214 e. The van der Waals surface area contributed by atoms with Crippen molar-refractivity contribution < 1.29 is 52.2 Å².